The van der Waals surface area contributed by atoms with E-state index in [0.29, 0.717) is 12.6 Å². The molecule has 0 radical (unpaired) electrons. The highest BCUT2D eigenvalue weighted by Gasteiger charge is 2.12. The molecule has 1 aromatic carbocycles. The fourth-order valence-electron chi connectivity index (χ4n) is 2.53. The summed E-state index contributed by atoms with van der Waals surface area (Å²) >= 11 is 0. The van der Waals surface area contributed by atoms with Crippen molar-refractivity contribution in [3.05, 3.63) is 46.8 Å². The van der Waals surface area contributed by atoms with E-state index in [-0.39, 0.29) is 0 Å². The third kappa shape index (κ3) is 3.64. The van der Waals surface area contributed by atoms with Crippen molar-refractivity contribution < 1.29 is 4.74 Å². The molecule has 0 saturated heterocycles. The highest BCUT2D eigenvalue weighted by atomic mass is 16.5. The third-order valence-electron chi connectivity index (χ3n) is 3.62. The van der Waals surface area contributed by atoms with E-state index in [0.717, 1.165) is 17.9 Å². The van der Waals surface area contributed by atoms with Gasteiger partial charge in [-0.2, -0.15) is 5.10 Å². The predicted molar refractivity (Wildman–Crippen MR) is 86.6 cm³/mol. The SMILES string of the molecule is COCc1ccc(CNc2c(C)nn(C(C)C)c2C)cc1. The number of nitrogens with one attached hydrogen (secondary N) is 1. The summed E-state index contributed by atoms with van der Waals surface area (Å²) in [5, 5.41) is 8.11. The number of hydrogen-bond acceptors (Lipinski definition) is 3. The summed E-state index contributed by atoms with van der Waals surface area (Å²) in [4.78, 5) is 0. The Labute approximate surface area is 127 Å². The molecule has 0 bridgehead atoms. The number of benzene rings is 1. The molecule has 4 heteroatoms. The van der Waals surface area contributed by atoms with E-state index >= 15 is 0 Å². The van der Waals surface area contributed by atoms with Gasteiger partial charge in [-0.05, 0) is 38.8 Å². The van der Waals surface area contributed by atoms with Gasteiger partial charge in [-0.25, -0.2) is 0 Å². The Balaban J connectivity index is 2.06. The van der Waals surface area contributed by atoms with Gasteiger partial charge in [-0.15, -0.1) is 0 Å². The van der Waals surface area contributed by atoms with E-state index in [2.05, 4.69) is 67.1 Å². The Bertz CT molecular complexity index is 585. The van der Waals surface area contributed by atoms with E-state index in [4.69, 9.17) is 4.74 Å². The van der Waals surface area contributed by atoms with E-state index in [1.165, 1.54) is 16.8 Å². The van der Waals surface area contributed by atoms with Crippen LogP contribution >= 0.6 is 0 Å². The number of ether oxygens (including phenoxy) is 1. The highest BCUT2D eigenvalue weighted by Crippen LogP contribution is 2.23. The monoisotopic (exact) mass is 287 g/mol. The molecule has 114 valence electrons. The van der Waals surface area contributed by atoms with Crippen molar-refractivity contribution in [2.45, 2.75) is 46.9 Å². The number of methoxy groups -OCH3 is 1. The topological polar surface area (TPSA) is 39.1 Å². The van der Waals surface area contributed by atoms with Crippen LogP contribution < -0.4 is 5.32 Å². The minimum Gasteiger partial charge on any atom is -0.380 e. The smallest absolute Gasteiger partial charge is 0.0828 e. The Morgan fingerprint density at radius 2 is 1.76 bits per heavy atom. The van der Waals surface area contributed by atoms with E-state index < -0.39 is 0 Å². The van der Waals surface area contributed by atoms with Gasteiger partial charge < -0.3 is 10.1 Å². The minimum atomic E-state index is 0.382. The van der Waals surface area contributed by atoms with Crippen LogP contribution in [0.4, 0.5) is 5.69 Å². The van der Waals surface area contributed by atoms with E-state index in [1.807, 2.05) is 0 Å². The van der Waals surface area contributed by atoms with Gasteiger partial charge in [0.15, 0.2) is 0 Å². The molecule has 1 aromatic heterocycles. The number of anilines is 1. The Kier molecular flexibility index (Phi) is 5.02. The van der Waals surface area contributed by atoms with Crippen molar-refractivity contribution in [1.29, 1.82) is 0 Å². The average molecular weight is 287 g/mol. The van der Waals surface area contributed by atoms with E-state index in [9.17, 15) is 0 Å². The lowest BCUT2D eigenvalue weighted by atomic mass is 10.1. The van der Waals surface area contributed by atoms with Crippen LogP contribution in [-0.2, 0) is 17.9 Å². The number of rotatable bonds is 6. The molecule has 1 heterocycles. The molecule has 0 unspecified atom stereocenters. The zero-order valence-corrected chi connectivity index (χ0v) is 13.6. The first-order valence-electron chi connectivity index (χ1n) is 7.39. The summed E-state index contributed by atoms with van der Waals surface area (Å²) in [6.07, 6.45) is 0. The summed E-state index contributed by atoms with van der Waals surface area (Å²) in [6.45, 7) is 9.93. The van der Waals surface area contributed by atoms with Crippen LogP contribution in [-0.4, -0.2) is 16.9 Å². The number of hydrogen-bond donors (Lipinski definition) is 1. The molecule has 1 N–H and O–H groups in total. The summed E-state index contributed by atoms with van der Waals surface area (Å²) < 4.78 is 7.20. The molecule has 0 aliphatic heterocycles. The standard InChI is InChI=1S/C17H25N3O/c1-12(2)20-14(4)17(13(3)19-20)18-10-15-6-8-16(9-7-15)11-21-5/h6-9,12,18H,10-11H2,1-5H3. The lowest BCUT2D eigenvalue weighted by Crippen LogP contribution is -2.06. The molecule has 0 saturated carbocycles. The number of aromatic nitrogens is 2. The van der Waals surface area contributed by atoms with Crippen molar-refractivity contribution >= 4 is 5.69 Å². The van der Waals surface area contributed by atoms with Crippen LogP contribution in [0.25, 0.3) is 0 Å². The maximum Gasteiger partial charge on any atom is 0.0828 e. The summed E-state index contributed by atoms with van der Waals surface area (Å²) in [5.74, 6) is 0. The molecular formula is C17H25N3O. The van der Waals surface area contributed by atoms with Crippen LogP contribution in [0.2, 0.25) is 0 Å². The van der Waals surface area contributed by atoms with Crippen LogP contribution in [0, 0.1) is 13.8 Å². The minimum absolute atomic E-state index is 0.382. The molecular weight excluding hydrogens is 262 g/mol. The normalized spacial score (nSPS) is 11.1. The molecule has 21 heavy (non-hydrogen) atoms. The molecule has 0 amide bonds. The van der Waals surface area contributed by atoms with Crippen molar-refractivity contribution in [2.24, 2.45) is 0 Å². The first-order chi connectivity index (χ1) is 10.0. The van der Waals surface area contributed by atoms with Gasteiger partial charge >= 0.3 is 0 Å². The van der Waals surface area contributed by atoms with Crippen molar-refractivity contribution in [3.8, 4) is 0 Å². The largest absolute Gasteiger partial charge is 0.380 e. The molecule has 0 spiro atoms. The lowest BCUT2D eigenvalue weighted by molar-refractivity contribution is 0.185. The first kappa shape index (κ1) is 15.6. The molecule has 2 aromatic rings. The van der Waals surface area contributed by atoms with Gasteiger partial charge in [-0.3, -0.25) is 4.68 Å². The van der Waals surface area contributed by atoms with Gasteiger partial charge in [0.05, 0.1) is 23.7 Å². The Morgan fingerprint density at radius 3 is 2.29 bits per heavy atom. The van der Waals surface area contributed by atoms with Gasteiger partial charge in [0.25, 0.3) is 0 Å². The second kappa shape index (κ2) is 6.76. The Hall–Kier alpha value is -1.81. The fraction of sp³-hybridized carbons (Fsp3) is 0.471. The van der Waals surface area contributed by atoms with Crippen LogP contribution in [0.3, 0.4) is 0 Å². The van der Waals surface area contributed by atoms with Gasteiger partial charge in [0, 0.05) is 19.7 Å². The van der Waals surface area contributed by atoms with Gasteiger partial charge in [0.2, 0.25) is 0 Å². The van der Waals surface area contributed by atoms with Gasteiger partial charge in [-0.1, -0.05) is 24.3 Å². The second-order valence-electron chi connectivity index (χ2n) is 5.69. The number of aryl methyl sites for hydroxylation is 1. The fourth-order valence-corrected chi connectivity index (χ4v) is 2.53. The van der Waals surface area contributed by atoms with Crippen molar-refractivity contribution in [1.82, 2.24) is 9.78 Å². The maximum absolute atomic E-state index is 5.13. The van der Waals surface area contributed by atoms with E-state index in [1.54, 1.807) is 7.11 Å². The quantitative estimate of drug-likeness (QED) is 0.877. The van der Waals surface area contributed by atoms with Crippen LogP contribution in [0.1, 0.15) is 42.4 Å². The van der Waals surface area contributed by atoms with Crippen LogP contribution in [0.15, 0.2) is 24.3 Å². The predicted octanol–water partition coefficient (Wildman–Crippen LogP) is 3.84. The molecule has 0 atom stereocenters. The summed E-state index contributed by atoms with van der Waals surface area (Å²) in [6, 6.07) is 8.88. The highest BCUT2D eigenvalue weighted by molar-refractivity contribution is 5.52. The molecule has 0 fully saturated rings. The van der Waals surface area contributed by atoms with Crippen LogP contribution in [0.5, 0.6) is 0 Å². The third-order valence-corrected chi connectivity index (χ3v) is 3.62. The average Bonchev–Trinajstić information content (AvgIpc) is 2.74. The lowest BCUT2D eigenvalue weighted by Gasteiger charge is -2.10. The zero-order chi connectivity index (χ0) is 15.4. The molecule has 0 aliphatic carbocycles. The van der Waals surface area contributed by atoms with Crippen molar-refractivity contribution in [3.63, 3.8) is 0 Å². The maximum atomic E-state index is 5.13. The molecule has 4 nitrogen and oxygen atoms in total. The summed E-state index contributed by atoms with van der Waals surface area (Å²) in [5.41, 5.74) is 5.84. The number of nitrogens with zero attached hydrogens (tertiary/aromatic N) is 2. The molecule has 0 aliphatic rings. The zero-order valence-electron chi connectivity index (χ0n) is 13.6. The van der Waals surface area contributed by atoms with Gasteiger partial charge in [0.1, 0.15) is 0 Å². The second-order valence-corrected chi connectivity index (χ2v) is 5.69. The first-order valence-corrected chi connectivity index (χ1v) is 7.39. The van der Waals surface area contributed by atoms with Crippen molar-refractivity contribution in [2.75, 3.05) is 12.4 Å². The molecule has 2 rings (SSSR count). The Morgan fingerprint density at radius 1 is 1.14 bits per heavy atom. The summed E-state index contributed by atoms with van der Waals surface area (Å²) in [7, 11) is 1.72.